The summed E-state index contributed by atoms with van der Waals surface area (Å²) < 4.78 is 3.51. The Kier molecular flexibility index (Phi) is 3.49. The minimum atomic E-state index is 1.06. The van der Waals surface area contributed by atoms with Crippen molar-refractivity contribution >= 4 is 15.9 Å². The van der Waals surface area contributed by atoms with E-state index in [1.807, 2.05) is 0 Å². The number of hydrogen-bond donors (Lipinski definition) is 0. The SMILES string of the molecule is Cc1ccc(C)n1CCc1ccc(Br)cc1. The molecular formula is C14H16BrN. The van der Waals surface area contributed by atoms with Crippen molar-refractivity contribution < 1.29 is 0 Å². The van der Waals surface area contributed by atoms with E-state index in [9.17, 15) is 0 Å². The molecule has 0 bridgehead atoms. The molecule has 2 rings (SSSR count). The Morgan fingerprint density at radius 1 is 0.938 bits per heavy atom. The molecule has 2 heteroatoms. The molecule has 1 aromatic carbocycles. The highest BCUT2D eigenvalue weighted by molar-refractivity contribution is 9.10. The van der Waals surface area contributed by atoms with Gasteiger partial charge in [-0.25, -0.2) is 0 Å². The van der Waals surface area contributed by atoms with Crippen molar-refractivity contribution in [1.29, 1.82) is 0 Å². The van der Waals surface area contributed by atoms with Crippen molar-refractivity contribution in [1.82, 2.24) is 4.57 Å². The molecule has 0 fully saturated rings. The van der Waals surface area contributed by atoms with Gasteiger partial charge in [0.05, 0.1) is 0 Å². The lowest BCUT2D eigenvalue weighted by Crippen LogP contribution is -2.04. The van der Waals surface area contributed by atoms with Crippen LogP contribution in [0, 0.1) is 13.8 Å². The average molecular weight is 278 g/mol. The standard InChI is InChI=1S/C14H16BrN/c1-11-3-4-12(2)16(11)10-9-13-5-7-14(15)8-6-13/h3-8H,9-10H2,1-2H3. The third-order valence-electron chi connectivity index (χ3n) is 2.95. The molecule has 0 amide bonds. The van der Waals surface area contributed by atoms with Gasteiger partial charge in [0.1, 0.15) is 0 Å². The lowest BCUT2D eigenvalue weighted by molar-refractivity contribution is 0.664. The molecule has 0 spiro atoms. The number of nitrogens with zero attached hydrogens (tertiary/aromatic N) is 1. The van der Waals surface area contributed by atoms with E-state index in [1.54, 1.807) is 0 Å². The van der Waals surface area contributed by atoms with E-state index < -0.39 is 0 Å². The normalized spacial score (nSPS) is 10.7. The summed E-state index contributed by atoms with van der Waals surface area (Å²) in [7, 11) is 0. The summed E-state index contributed by atoms with van der Waals surface area (Å²) in [5.41, 5.74) is 4.07. The van der Waals surface area contributed by atoms with Gasteiger partial charge < -0.3 is 4.57 Å². The van der Waals surface area contributed by atoms with Crippen molar-refractivity contribution in [2.24, 2.45) is 0 Å². The van der Waals surface area contributed by atoms with Crippen LogP contribution in [0.2, 0.25) is 0 Å². The molecule has 0 radical (unpaired) electrons. The first-order chi connectivity index (χ1) is 7.66. The second-order valence-electron chi connectivity index (χ2n) is 4.14. The highest BCUT2D eigenvalue weighted by Crippen LogP contribution is 2.13. The lowest BCUT2D eigenvalue weighted by atomic mass is 10.1. The smallest absolute Gasteiger partial charge is 0.0265 e. The van der Waals surface area contributed by atoms with E-state index in [4.69, 9.17) is 0 Å². The topological polar surface area (TPSA) is 4.93 Å². The zero-order valence-electron chi connectivity index (χ0n) is 9.70. The predicted molar refractivity (Wildman–Crippen MR) is 71.8 cm³/mol. The van der Waals surface area contributed by atoms with Gasteiger partial charge in [-0.05, 0) is 50.1 Å². The van der Waals surface area contributed by atoms with Crippen LogP contribution in [0.5, 0.6) is 0 Å². The van der Waals surface area contributed by atoms with Gasteiger partial charge >= 0.3 is 0 Å². The minimum Gasteiger partial charge on any atom is -0.349 e. The van der Waals surface area contributed by atoms with Gasteiger partial charge in [-0.3, -0.25) is 0 Å². The first-order valence-corrected chi connectivity index (χ1v) is 6.33. The summed E-state index contributed by atoms with van der Waals surface area (Å²) >= 11 is 3.45. The van der Waals surface area contributed by atoms with Gasteiger partial charge in [-0.15, -0.1) is 0 Å². The van der Waals surface area contributed by atoms with Gasteiger partial charge in [0.25, 0.3) is 0 Å². The van der Waals surface area contributed by atoms with Crippen LogP contribution >= 0.6 is 15.9 Å². The molecule has 0 saturated carbocycles. The zero-order valence-corrected chi connectivity index (χ0v) is 11.3. The summed E-state index contributed by atoms with van der Waals surface area (Å²) in [5, 5.41) is 0. The fraction of sp³-hybridized carbons (Fsp3) is 0.286. The quantitative estimate of drug-likeness (QED) is 0.796. The molecule has 1 heterocycles. The monoisotopic (exact) mass is 277 g/mol. The summed E-state index contributed by atoms with van der Waals surface area (Å²) in [6.07, 6.45) is 1.09. The molecular weight excluding hydrogens is 262 g/mol. The van der Waals surface area contributed by atoms with Gasteiger partial charge in [-0.2, -0.15) is 0 Å². The first kappa shape index (κ1) is 11.5. The van der Waals surface area contributed by atoms with E-state index in [-0.39, 0.29) is 0 Å². The molecule has 1 nitrogen and oxygen atoms in total. The van der Waals surface area contributed by atoms with Crippen molar-refractivity contribution in [3.8, 4) is 0 Å². The number of aryl methyl sites for hydroxylation is 3. The Bertz CT molecular complexity index is 448. The number of hydrogen-bond acceptors (Lipinski definition) is 0. The predicted octanol–water partition coefficient (Wildman–Crippen LogP) is 4.11. The molecule has 0 aliphatic rings. The maximum absolute atomic E-state index is 3.45. The van der Waals surface area contributed by atoms with Crippen LogP contribution in [0.4, 0.5) is 0 Å². The fourth-order valence-corrected chi connectivity index (χ4v) is 2.21. The second-order valence-corrected chi connectivity index (χ2v) is 5.06. The minimum absolute atomic E-state index is 1.06. The van der Waals surface area contributed by atoms with E-state index in [1.165, 1.54) is 17.0 Å². The zero-order chi connectivity index (χ0) is 11.5. The molecule has 16 heavy (non-hydrogen) atoms. The summed E-state index contributed by atoms with van der Waals surface area (Å²) in [5.74, 6) is 0. The third kappa shape index (κ3) is 2.56. The van der Waals surface area contributed by atoms with Crippen LogP contribution in [0.25, 0.3) is 0 Å². The average Bonchev–Trinajstić information content (AvgIpc) is 2.59. The van der Waals surface area contributed by atoms with E-state index in [0.29, 0.717) is 0 Å². The molecule has 0 aliphatic heterocycles. The second kappa shape index (κ2) is 4.88. The van der Waals surface area contributed by atoms with Crippen LogP contribution in [-0.2, 0) is 13.0 Å². The lowest BCUT2D eigenvalue weighted by Gasteiger charge is -2.09. The molecule has 0 aliphatic carbocycles. The van der Waals surface area contributed by atoms with Crippen LogP contribution in [-0.4, -0.2) is 4.57 Å². The Morgan fingerprint density at radius 2 is 1.50 bits per heavy atom. The van der Waals surface area contributed by atoms with E-state index in [0.717, 1.165) is 17.4 Å². The van der Waals surface area contributed by atoms with Crippen LogP contribution in [0.3, 0.4) is 0 Å². The third-order valence-corrected chi connectivity index (χ3v) is 3.48. The van der Waals surface area contributed by atoms with Crippen molar-refractivity contribution in [2.75, 3.05) is 0 Å². The molecule has 1 aromatic heterocycles. The summed E-state index contributed by atoms with van der Waals surface area (Å²) in [6, 6.07) is 12.9. The van der Waals surface area contributed by atoms with Crippen molar-refractivity contribution in [3.05, 3.63) is 57.8 Å². The Morgan fingerprint density at radius 3 is 2.06 bits per heavy atom. The van der Waals surface area contributed by atoms with E-state index >= 15 is 0 Å². The van der Waals surface area contributed by atoms with E-state index in [2.05, 4.69) is 70.7 Å². The molecule has 0 unspecified atom stereocenters. The maximum atomic E-state index is 3.45. The first-order valence-electron chi connectivity index (χ1n) is 5.54. The Hall–Kier alpha value is -1.02. The van der Waals surface area contributed by atoms with Gasteiger partial charge in [-0.1, -0.05) is 28.1 Å². The van der Waals surface area contributed by atoms with Gasteiger partial charge in [0.15, 0.2) is 0 Å². The number of benzene rings is 1. The number of rotatable bonds is 3. The molecule has 2 aromatic rings. The van der Waals surface area contributed by atoms with Crippen molar-refractivity contribution in [3.63, 3.8) is 0 Å². The fourth-order valence-electron chi connectivity index (χ4n) is 1.94. The Balaban J connectivity index is 2.05. The van der Waals surface area contributed by atoms with Gasteiger partial charge in [0.2, 0.25) is 0 Å². The molecule has 0 N–H and O–H groups in total. The number of halogens is 1. The maximum Gasteiger partial charge on any atom is 0.0265 e. The van der Waals surface area contributed by atoms with Crippen molar-refractivity contribution in [2.45, 2.75) is 26.8 Å². The van der Waals surface area contributed by atoms with Crippen LogP contribution in [0.1, 0.15) is 17.0 Å². The molecule has 0 saturated heterocycles. The largest absolute Gasteiger partial charge is 0.349 e. The van der Waals surface area contributed by atoms with Crippen LogP contribution < -0.4 is 0 Å². The highest BCUT2D eigenvalue weighted by Gasteiger charge is 2.01. The summed E-state index contributed by atoms with van der Waals surface area (Å²) in [4.78, 5) is 0. The summed E-state index contributed by atoms with van der Waals surface area (Å²) in [6.45, 7) is 5.38. The highest BCUT2D eigenvalue weighted by atomic mass is 79.9. The van der Waals surface area contributed by atoms with Gasteiger partial charge in [0, 0.05) is 22.4 Å². The molecule has 84 valence electrons. The molecule has 0 atom stereocenters. The Labute approximate surface area is 105 Å². The van der Waals surface area contributed by atoms with Crippen LogP contribution in [0.15, 0.2) is 40.9 Å². The number of aromatic nitrogens is 1.